The molecule has 0 bridgehead atoms. The number of aromatic nitrogens is 1. The molecule has 1 aliphatic heterocycles. The Hall–Kier alpha value is -1.47. The molecule has 6 nitrogen and oxygen atoms in total. The molecule has 7 heteroatoms. The Bertz CT molecular complexity index is 605. The molecule has 2 rings (SSSR count). The van der Waals surface area contributed by atoms with Crippen molar-refractivity contribution >= 4 is 28.3 Å². The highest BCUT2D eigenvalue weighted by Crippen LogP contribution is 2.21. The van der Waals surface area contributed by atoms with E-state index in [-0.39, 0.29) is 11.8 Å². The second kappa shape index (κ2) is 12.2. The summed E-state index contributed by atoms with van der Waals surface area (Å²) < 4.78 is 0. The molecule has 2 amide bonds. The predicted molar refractivity (Wildman–Crippen MR) is 115 cm³/mol. The molecule has 1 fully saturated rings. The fraction of sp³-hybridized carbons (Fsp3) is 0.762. The Kier molecular flexibility index (Phi) is 9.92. The molecule has 28 heavy (non-hydrogen) atoms. The molecule has 0 saturated carbocycles. The first kappa shape index (κ1) is 22.8. The van der Waals surface area contributed by atoms with Gasteiger partial charge in [-0.05, 0) is 51.1 Å². The first-order chi connectivity index (χ1) is 13.5. The molecule has 1 aromatic heterocycles. The number of rotatable bonds is 11. The number of carbonyl (C=O) groups excluding carboxylic acids is 2. The van der Waals surface area contributed by atoms with Crippen molar-refractivity contribution in [3.8, 4) is 0 Å². The minimum absolute atomic E-state index is 0.0574. The van der Waals surface area contributed by atoms with Crippen molar-refractivity contribution in [2.24, 2.45) is 5.92 Å². The maximum absolute atomic E-state index is 12.3. The number of nitrogens with zero attached hydrogens (tertiary/aromatic N) is 3. The summed E-state index contributed by atoms with van der Waals surface area (Å²) in [6.07, 6.45) is 5.81. The fourth-order valence-corrected chi connectivity index (χ4v) is 4.25. The standard InChI is InChI=1S/C21H36N4O2S/c1-4-11-25(12-5-2)20(27)8-6-7-19(26)23-21-22-18(16-28-21)15-24-13-9-17(3)10-14-24/h16-17H,4-15H2,1-3H3,(H,22,23,26). The van der Waals surface area contributed by atoms with Crippen molar-refractivity contribution in [2.75, 3.05) is 31.5 Å². The van der Waals surface area contributed by atoms with E-state index >= 15 is 0 Å². The van der Waals surface area contributed by atoms with Gasteiger partial charge >= 0.3 is 0 Å². The summed E-state index contributed by atoms with van der Waals surface area (Å²) >= 11 is 1.48. The monoisotopic (exact) mass is 408 g/mol. The van der Waals surface area contributed by atoms with Crippen LogP contribution in [0, 0.1) is 5.92 Å². The molecule has 0 radical (unpaired) electrons. The average Bonchev–Trinajstić information content (AvgIpc) is 3.10. The predicted octanol–water partition coefficient (Wildman–Crippen LogP) is 4.13. The molecule has 1 saturated heterocycles. The molecular weight excluding hydrogens is 372 g/mol. The van der Waals surface area contributed by atoms with Crippen LogP contribution in [0.4, 0.5) is 5.13 Å². The number of nitrogens with one attached hydrogen (secondary N) is 1. The lowest BCUT2D eigenvalue weighted by molar-refractivity contribution is -0.131. The first-order valence-corrected chi connectivity index (χ1v) is 11.6. The van der Waals surface area contributed by atoms with Crippen molar-refractivity contribution in [2.45, 2.75) is 72.3 Å². The molecule has 158 valence electrons. The van der Waals surface area contributed by atoms with Crippen LogP contribution in [0.15, 0.2) is 5.38 Å². The van der Waals surface area contributed by atoms with E-state index in [0.717, 1.165) is 57.2 Å². The molecule has 1 aromatic rings. The normalized spacial score (nSPS) is 15.5. The second-order valence-electron chi connectivity index (χ2n) is 7.89. The lowest BCUT2D eigenvalue weighted by atomic mass is 9.99. The lowest BCUT2D eigenvalue weighted by Gasteiger charge is -2.29. The molecule has 0 spiro atoms. The Labute approximate surface area is 173 Å². The van der Waals surface area contributed by atoms with Crippen LogP contribution in [-0.4, -0.2) is 52.8 Å². The van der Waals surface area contributed by atoms with E-state index in [1.165, 1.54) is 24.2 Å². The summed E-state index contributed by atoms with van der Waals surface area (Å²) in [5.74, 6) is 0.923. The first-order valence-electron chi connectivity index (χ1n) is 10.8. The molecule has 0 atom stereocenters. The molecule has 0 aromatic carbocycles. The Morgan fingerprint density at radius 1 is 1.21 bits per heavy atom. The largest absolute Gasteiger partial charge is 0.343 e. The third-order valence-electron chi connectivity index (χ3n) is 5.19. The zero-order valence-corrected chi connectivity index (χ0v) is 18.5. The van der Waals surface area contributed by atoms with Crippen molar-refractivity contribution in [3.05, 3.63) is 11.1 Å². The zero-order chi connectivity index (χ0) is 20.4. The maximum atomic E-state index is 12.3. The molecule has 0 unspecified atom stereocenters. The highest BCUT2D eigenvalue weighted by atomic mass is 32.1. The van der Waals surface area contributed by atoms with Gasteiger partial charge in [-0.3, -0.25) is 14.5 Å². The SMILES string of the molecule is CCCN(CCC)C(=O)CCCC(=O)Nc1nc(CN2CCC(C)CC2)cs1. The highest BCUT2D eigenvalue weighted by molar-refractivity contribution is 7.13. The van der Waals surface area contributed by atoms with Crippen LogP contribution in [0.1, 0.15) is 71.4 Å². The summed E-state index contributed by atoms with van der Waals surface area (Å²) in [6, 6.07) is 0. The van der Waals surface area contributed by atoms with Crippen LogP contribution < -0.4 is 5.32 Å². The Morgan fingerprint density at radius 2 is 1.89 bits per heavy atom. The van der Waals surface area contributed by atoms with E-state index in [9.17, 15) is 9.59 Å². The topological polar surface area (TPSA) is 65.5 Å². The fourth-order valence-electron chi connectivity index (χ4n) is 3.53. The second-order valence-corrected chi connectivity index (χ2v) is 8.74. The van der Waals surface area contributed by atoms with Gasteiger partial charge in [0.15, 0.2) is 5.13 Å². The van der Waals surface area contributed by atoms with Crippen LogP contribution in [0.5, 0.6) is 0 Å². The van der Waals surface area contributed by atoms with Crippen LogP contribution in [-0.2, 0) is 16.1 Å². The molecule has 1 N–H and O–H groups in total. The number of likely N-dealkylation sites (tertiary alicyclic amines) is 1. The number of carbonyl (C=O) groups is 2. The van der Waals surface area contributed by atoms with Crippen LogP contribution in [0.3, 0.4) is 0 Å². The lowest BCUT2D eigenvalue weighted by Crippen LogP contribution is -2.32. The summed E-state index contributed by atoms with van der Waals surface area (Å²) in [7, 11) is 0. The van der Waals surface area contributed by atoms with E-state index in [2.05, 4.69) is 36.0 Å². The molecule has 2 heterocycles. The summed E-state index contributed by atoms with van der Waals surface area (Å²) in [6.45, 7) is 11.2. The zero-order valence-electron chi connectivity index (χ0n) is 17.7. The number of hydrogen-bond acceptors (Lipinski definition) is 5. The Morgan fingerprint density at radius 3 is 2.54 bits per heavy atom. The number of hydrogen-bond donors (Lipinski definition) is 1. The van der Waals surface area contributed by atoms with Crippen LogP contribution in [0.25, 0.3) is 0 Å². The molecule has 0 aliphatic carbocycles. The van der Waals surface area contributed by atoms with Crippen LogP contribution in [0.2, 0.25) is 0 Å². The van der Waals surface area contributed by atoms with Gasteiger partial charge in [-0.25, -0.2) is 4.98 Å². The van der Waals surface area contributed by atoms with Gasteiger partial charge in [0.1, 0.15) is 0 Å². The van der Waals surface area contributed by atoms with Gasteiger partial charge in [0, 0.05) is 37.9 Å². The van der Waals surface area contributed by atoms with Gasteiger partial charge in [-0.1, -0.05) is 20.8 Å². The molecule has 1 aliphatic rings. The van der Waals surface area contributed by atoms with Gasteiger partial charge in [0.05, 0.1) is 5.69 Å². The van der Waals surface area contributed by atoms with Crippen molar-refractivity contribution < 1.29 is 9.59 Å². The summed E-state index contributed by atoms with van der Waals surface area (Å²) in [4.78, 5) is 33.3. The van der Waals surface area contributed by atoms with E-state index in [1.54, 1.807) is 0 Å². The van der Waals surface area contributed by atoms with Crippen molar-refractivity contribution in [1.82, 2.24) is 14.8 Å². The minimum Gasteiger partial charge on any atom is -0.343 e. The molecular formula is C21H36N4O2S. The van der Waals surface area contributed by atoms with Gasteiger partial charge < -0.3 is 10.2 Å². The third-order valence-corrected chi connectivity index (χ3v) is 6.00. The third kappa shape index (κ3) is 7.87. The number of thiazole rings is 1. The number of anilines is 1. The quantitative estimate of drug-likeness (QED) is 0.598. The van der Waals surface area contributed by atoms with Gasteiger partial charge in [-0.15, -0.1) is 11.3 Å². The van der Waals surface area contributed by atoms with E-state index in [0.29, 0.717) is 24.4 Å². The smallest absolute Gasteiger partial charge is 0.226 e. The van der Waals surface area contributed by atoms with Crippen LogP contribution >= 0.6 is 11.3 Å². The van der Waals surface area contributed by atoms with Gasteiger partial charge in [0.2, 0.25) is 11.8 Å². The van der Waals surface area contributed by atoms with Crippen molar-refractivity contribution in [1.29, 1.82) is 0 Å². The van der Waals surface area contributed by atoms with E-state index in [4.69, 9.17) is 0 Å². The Balaban J connectivity index is 1.69. The minimum atomic E-state index is -0.0574. The van der Waals surface area contributed by atoms with Gasteiger partial charge in [-0.2, -0.15) is 0 Å². The van der Waals surface area contributed by atoms with Crippen molar-refractivity contribution in [3.63, 3.8) is 0 Å². The van der Waals surface area contributed by atoms with E-state index < -0.39 is 0 Å². The maximum Gasteiger partial charge on any atom is 0.226 e. The number of amides is 2. The average molecular weight is 409 g/mol. The summed E-state index contributed by atoms with van der Waals surface area (Å²) in [5.41, 5.74) is 1.03. The summed E-state index contributed by atoms with van der Waals surface area (Å²) in [5, 5.41) is 5.58. The van der Waals surface area contributed by atoms with Gasteiger partial charge in [0.25, 0.3) is 0 Å². The van der Waals surface area contributed by atoms with E-state index in [1.807, 2.05) is 10.3 Å². The highest BCUT2D eigenvalue weighted by Gasteiger charge is 2.17. The number of piperidine rings is 1.